The number of aromatic nitrogens is 2. The number of hydrogen-bond donors (Lipinski definition) is 0. The predicted molar refractivity (Wildman–Crippen MR) is 78.7 cm³/mol. The Hall–Kier alpha value is -2.09. The Morgan fingerprint density at radius 1 is 1.36 bits per heavy atom. The van der Waals surface area contributed by atoms with E-state index in [2.05, 4.69) is 5.10 Å². The van der Waals surface area contributed by atoms with E-state index in [4.69, 9.17) is 0 Å². The first-order valence-electron chi connectivity index (χ1n) is 6.29. The van der Waals surface area contributed by atoms with Crippen LogP contribution in [0.1, 0.15) is 15.4 Å². The maximum Gasteiger partial charge on any atom is 0.433 e. The van der Waals surface area contributed by atoms with E-state index in [1.54, 1.807) is 37.3 Å². The summed E-state index contributed by atoms with van der Waals surface area (Å²) in [6.07, 6.45) is -1.43. The third kappa shape index (κ3) is 3.56. The van der Waals surface area contributed by atoms with E-state index in [0.29, 0.717) is 9.75 Å². The van der Waals surface area contributed by atoms with Crippen LogP contribution in [-0.4, -0.2) is 34.6 Å². The van der Waals surface area contributed by atoms with E-state index in [0.717, 1.165) is 22.1 Å². The number of carbonyl (C=O) groups is 1. The molecule has 0 aliphatic heterocycles. The lowest BCUT2D eigenvalue weighted by Crippen LogP contribution is -2.11. The molecule has 2 aromatic heterocycles. The molecule has 118 valence electrons. The van der Waals surface area contributed by atoms with Crippen molar-refractivity contribution >= 4 is 17.1 Å². The number of hydrogen-bond acceptors (Lipinski definition) is 4. The largest absolute Gasteiger partial charge is 0.433 e. The minimum absolute atomic E-state index is 0.197. The van der Waals surface area contributed by atoms with Crippen molar-refractivity contribution in [1.82, 2.24) is 14.7 Å². The standard InChI is InChI=1S/C14H14F3N3OS/c1-19(2)7-6-10(21)12-5-4-11(22-12)9-8-13(14(15,16)17)20(3)18-9/h4-8H,1-3H3/b7-6+. The van der Waals surface area contributed by atoms with Crippen LogP contribution in [0, 0.1) is 0 Å². The van der Waals surface area contributed by atoms with Gasteiger partial charge in [0, 0.05) is 33.4 Å². The number of alkyl halides is 3. The molecule has 0 atom stereocenters. The Balaban J connectivity index is 2.27. The average Bonchev–Trinajstić information content (AvgIpc) is 3.01. The van der Waals surface area contributed by atoms with Crippen molar-refractivity contribution < 1.29 is 18.0 Å². The Morgan fingerprint density at radius 2 is 2.05 bits per heavy atom. The second kappa shape index (κ2) is 5.96. The van der Waals surface area contributed by atoms with Crippen molar-refractivity contribution in [3.63, 3.8) is 0 Å². The zero-order chi connectivity index (χ0) is 16.5. The normalized spacial score (nSPS) is 12.1. The van der Waals surface area contributed by atoms with Gasteiger partial charge in [0.25, 0.3) is 0 Å². The Kier molecular flexibility index (Phi) is 4.41. The number of allylic oxidation sites excluding steroid dienone is 1. The Labute approximate surface area is 129 Å². The van der Waals surface area contributed by atoms with Gasteiger partial charge in [0.2, 0.25) is 0 Å². The fourth-order valence-electron chi connectivity index (χ4n) is 1.76. The third-order valence-electron chi connectivity index (χ3n) is 2.80. The van der Waals surface area contributed by atoms with Crippen LogP contribution in [-0.2, 0) is 13.2 Å². The summed E-state index contributed by atoms with van der Waals surface area (Å²) < 4.78 is 39.1. The fourth-order valence-corrected chi connectivity index (χ4v) is 2.64. The first-order chi connectivity index (χ1) is 10.2. The molecule has 0 aliphatic rings. The van der Waals surface area contributed by atoms with Gasteiger partial charge < -0.3 is 4.90 Å². The summed E-state index contributed by atoms with van der Waals surface area (Å²) in [5, 5.41) is 3.86. The SMILES string of the molecule is CN(C)/C=C/C(=O)c1ccc(-c2cc(C(F)(F)F)n(C)n2)s1. The van der Waals surface area contributed by atoms with E-state index < -0.39 is 11.9 Å². The molecule has 0 aliphatic carbocycles. The lowest BCUT2D eigenvalue weighted by molar-refractivity contribution is -0.143. The topological polar surface area (TPSA) is 38.1 Å². The van der Waals surface area contributed by atoms with Crippen molar-refractivity contribution in [2.45, 2.75) is 6.18 Å². The lowest BCUT2D eigenvalue weighted by Gasteiger charge is -2.04. The summed E-state index contributed by atoms with van der Waals surface area (Å²) in [6.45, 7) is 0. The van der Waals surface area contributed by atoms with Crippen LogP contribution in [0.4, 0.5) is 13.2 Å². The van der Waals surface area contributed by atoms with Gasteiger partial charge in [-0.2, -0.15) is 18.3 Å². The molecule has 0 unspecified atom stereocenters. The van der Waals surface area contributed by atoms with Crippen LogP contribution in [0.5, 0.6) is 0 Å². The summed E-state index contributed by atoms with van der Waals surface area (Å²) in [7, 11) is 4.82. The molecule has 2 rings (SSSR count). The number of thiophene rings is 1. The van der Waals surface area contributed by atoms with E-state index in [-0.39, 0.29) is 11.5 Å². The first-order valence-corrected chi connectivity index (χ1v) is 7.10. The van der Waals surface area contributed by atoms with Gasteiger partial charge in [-0.15, -0.1) is 11.3 Å². The van der Waals surface area contributed by atoms with Gasteiger partial charge >= 0.3 is 6.18 Å². The quantitative estimate of drug-likeness (QED) is 0.637. The molecule has 0 fully saturated rings. The van der Waals surface area contributed by atoms with Crippen LogP contribution in [0.15, 0.2) is 30.5 Å². The minimum Gasteiger partial charge on any atom is -0.383 e. The number of carbonyl (C=O) groups excluding carboxylic acids is 1. The van der Waals surface area contributed by atoms with E-state index >= 15 is 0 Å². The van der Waals surface area contributed by atoms with Crippen molar-refractivity contribution in [2.75, 3.05) is 14.1 Å². The highest BCUT2D eigenvalue weighted by molar-refractivity contribution is 7.17. The Bertz CT molecular complexity index is 713. The number of ketones is 1. The zero-order valence-electron chi connectivity index (χ0n) is 12.2. The van der Waals surface area contributed by atoms with Crippen molar-refractivity contribution in [3.05, 3.63) is 41.0 Å². The van der Waals surface area contributed by atoms with Crippen LogP contribution < -0.4 is 0 Å². The van der Waals surface area contributed by atoms with Gasteiger partial charge in [0.1, 0.15) is 11.4 Å². The van der Waals surface area contributed by atoms with Crippen LogP contribution in [0.25, 0.3) is 10.6 Å². The molecule has 2 heterocycles. The van der Waals surface area contributed by atoms with Gasteiger partial charge in [0.05, 0.1) is 9.75 Å². The molecule has 0 radical (unpaired) electrons. The fraction of sp³-hybridized carbons (Fsp3) is 0.286. The lowest BCUT2D eigenvalue weighted by atomic mass is 10.3. The second-order valence-electron chi connectivity index (χ2n) is 4.84. The summed E-state index contributed by atoms with van der Waals surface area (Å²) in [4.78, 5) is 14.6. The highest BCUT2D eigenvalue weighted by Crippen LogP contribution is 2.34. The van der Waals surface area contributed by atoms with Gasteiger partial charge in [-0.05, 0) is 18.2 Å². The zero-order valence-corrected chi connectivity index (χ0v) is 13.0. The second-order valence-corrected chi connectivity index (χ2v) is 5.93. The average molecular weight is 329 g/mol. The molecule has 0 bridgehead atoms. The predicted octanol–water partition coefficient (Wildman–Crippen LogP) is 3.43. The molecule has 0 N–H and O–H groups in total. The number of aryl methyl sites for hydroxylation is 1. The first kappa shape index (κ1) is 16.3. The highest BCUT2D eigenvalue weighted by Gasteiger charge is 2.35. The van der Waals surface area contributed by atoms with Gasteiger partial charge in [0.15, 0.2) is 5.78 Å². The van der Waals surface area contributed by atoms with Crippen LogP contribution in [0.2, 0.25) is 0 Å². The van der Waals surface area contributed by atoms with Gasteiger partial charge in [-0.3, -0.25) is 9.48 Å². The van der Waals surface area contributed by atoms with Crippen molar-refractivity contribution in [2.24, 2.45) is 7.05 Å². The molecule has 0 saturated carbocycles. The summed E-state index contributed by atoms with van der Waals surface area (Å²) >= 11 is 1.12. The molecule has 22 heavy (non-hydrogen) atoms. The van der Waals surface area contributed by atoms with Crippen LogP contribution in [0.3, 0.4) is 0 Å². The monoisotopic (exact) mass is 329 g/mol. The molecule has 0 amide bonds. The summed E-state index contributed by atoms with van der Waals surface area (Å²) in [5.74, 6) is -0.197. The van der Waals surface area contributed by atoms with Gasteiger partial charge in [-0.1, -0.05) is 0 Å². The molecular formula is C14H14F3N3OS. The summed E-state index contributed by atoms with van der Waals surface area (Å²) in [6, 6.07) is 4.17. The molecule has 0 aromatic carbocycles. The van der Waals surface area contributed by atoms with Crippen molar-refractivity contribution in [3.8, 4) is 10.6 Å². The third-order valence-corrected chi connectivity index (χ3v) is 3.92. The van der Waals surface area contributed by atoms with Gasteiger partial charge in [-0.25, -0.2) is 0 Å². The smallest absolute Gasteiger partial charge is 0.383 e. The molecule has 4 nitrogen and oxygen atoms in total. The minimum atomic E-state index is -4.45. The van der Waals surface area contributed by atoms with Crippen molar-refractivity contribution in [1.29, 1.82) is 0 Å². The van der Waals surface area contributed by atoms with E-state index in [9.17, 15) is 18.0 Å². The molecule has 0 spiro atoms. The maximum atomic E-state index is 12.8. The number of nitrogens with zero attached hydrogens (tertiary/aromatic N) is 3. The molecular weight excluding hydrogens is 315 g/mol. The molecule has 0 saturated heterocycles. The van der Waals surface area contributed by atoms with E-state index in [1.807, 2.05) is 0 Å². The Morgan fingerprint density at radius 3 is 2.59 bits per heavy atom. The number of halogens is 3. The summed E-state index contributed by atoms with van der Waals surface area (Å²) in [5.41, 5.74) is -0.619. The van der Waals surface area contributed by atoms with E-state index in [1.165, 1.54) is 13.1 Å². The number of rotatable bonds is 4. The highest BCUT2D eigenvalue weighted by atomic mass is 32.1. The van der Waals surface area contributed by atoms with Crippen LogP contribution >= 0.6 is 11.3 Å². The maximum absolute atomic E-state index is 12.8. The molecule has 2 aromatic rings. The molecule has 8 heteroatoms.